The van der Waals surface area contributed by atoms with Gasteiger partial charge >= 0.3 is 0 Å². The summed E-state index contributed by atoms with van der Waals surface area (Å²) < 4.78 is 0. The minimum absolute atomic E-state index is 0.213. The van der Waals surface area contributed by atoms with Gasteiger partial charge in [-0.15, -0.1) is 0 Å². The number of nitrogens with zero attached hydrogens (tertiary/aromatic N) is 1. The summed E-state index contributed by atoms with van der Waals surface area (Å²) in [6.07, 6.45) is 4.63. The fourth-order valence-corrected chi connectivity index (χ4v) is 2.79. The summed E-state index contributed by atoms with van der Waals surface area (Å²) in [5.41, 5.74) is 7.07. The van der Waals surface area contributed by atoms with E-state index >= 15 is 0 Å². The van der Waals surface area contributed by atoms with E-state index in [0.29, 0.717) is 16.9 Å². The van der Waals surface area contributed by atoms with Crippen LogP contribution in [0.4, 0.5) is 0 Å². The molecule has 2 N–H and O–H groups in total. The second-order valence-corrected chi connectivity index (χ2v) is 4.95. The fourth-order valence-electron chi connectivity index (χ4n) is 2.33. The highest BCUT2D eigenvalue weighted by Crippen LogP contribution is 2.46. The number of rotatable bonds is 3. The normalized spacial score (nSPS) is 18.6. The van der Waals surface area contributed by atoms with Crippen LogP contribution in [-0.2, 0) is 5.41 Å². The summed E-state index contributed by atoms with van der Waals surface area (Å²) in [4.78, 5) is 3.97. The Morgan fingerprint density at radius 2 is 1.87 bits per heavy atom. The first-order valence-corrected chi connectivity index (χ1v) is 5.95. The predicted molar refractivity (Wildman–Crippen MR) is 63.5 cm³/mol. The van der Waals surface area contributed by atoms with Gasteiger partial charge in [-0.1, -0.05) is 29.6 Å². The van der Waals surface area contributed by atoms with E-state index in [9.17, 15) is 0 Å². The van der Waals surface area contributed by atoms with Crippen LogP contribution in [0.3, 0.4) is 0 Å². The summed E-state index contributed by atoms with van der Waals surface area (Å²) in [6, 6.07) is 3.84. The molecule has 1 aliphatic carbocycles. The monoisotopic (exact) mass is 244 g/mol. The minimum atomic E-state index is 0.213. The van der Waals surface area contributed by atoms with Crippen LogP contribution >= 0.6 is 23.2 Å². The molecule has 0 bridgehead atoms. The quantitative estimate of drug-likeness (QED) is 0.830. The average Bonchev–Trinajstić information content (AvgIpc) is 2.09. The highest BCUT2D eigenvalue weighted by Gasteiger charge is 2.38. The maximum Gasteiger partial charge on any atom is 0.131 e. The standard InChI is InChI=1S/C11H14Cl2N2/c12-9-6-8(7-10(13)15-9)11(4-5-14)2-1-3-11/h6-7H,1-5,14H2. The van der Waals surface area contributed by atoms with Gasteiger partial charge in [0.2, 0.25) is 0 Å². The largest absolute Gasteiger partial charge is 0.330 e. The maximum absolute atomic E-state index is 5.91. The van der Waals surface area contributed by atoms with Crippen molar-refractivity contribution in [2.75, 3.05) is 6.54 Å². The highest BCUT2D eigenvalue weighted by molar-refractivity contribution is 6.32. The van der Waals surface area contributed by atoms with Crippen molar-refractivity contribution in [3.8, 4) is 0 Å². The number of hydrogen-bond acceptors (Lipinski definition) is 2. The topological polar surface area (TPSA) is 38.9 Å². The summed E-state index contributed by atoms with van der Waals surface area (Å²) in [7, 11) is 0. The lowest BCUT2D eigenvalue weighted by Gasteiger charge is -2.42. The molecule has 1 saturated carbocycles. The van der Waals surface area contributed by atoms with Crippen LogP contribution in [0.15, 0.2) is 12.1 Å². The highest BCUT2D eigenvalue weighted by atomic mass is 35.5. The molecule has 1 heterocycles. The Labute approximate surface area is 99.8 Å². The third-order valence-electron chi connectivity index (χ3n) is 3.31. The van der Waals surface area contributed by atoms with Gasteiger partial charge in [-0.25, -0.2) is 4.98 Å². The molecule has 4 heteroatoms. The second-order valence-electron chi connectivity index (χ2n) is 4.17. The van der Waals surface area contributed by atoms with Crippen molar-refractivity contribution in [1.82, 2.24) is 4.98 Å². The third-order valence-corrected chi connectivity index (χ3v) is 3.70. The Kier molecular flexibility index (Phi) is 3.19. The van der Waals surface area contributed by atoms with Crippen molar-refractivity contribution in [3.05, 3.63) is 28.0 Å². The SMILES string of the molecule is NCCC1(c2cc(Cl)nc(Cl)c2)CCC1. The lowest BCUT2D eigenvalue weighted by atomic mass is 9.63. The van der Waals surface area contributed by atoms with Crippen LogP contribution in [0.2, 0.25) is 10.3 Å². The van der Waals surface area contributed by atoms with Gasteiger partial charge in [0.05, 0.1) is 0 Å². The van der Waals surface area contributed by atoms with Crippen LogP contribution in [0, 0.1) is 0 Å². The number of pyridine rings is 1. The van der Waals surface area contributed by atoms with E-state index in [-0.39, 0.29) is 5.41 Å². The number of aromatic nitrogens is 1. The Hall–Kier alpha value is -0.310. The Morgan fingerprint density at radius 1 is 1.27 bits per heavy atom. The summed E-state index contributed by atoms with van der Waals surface area (Å²) in [5.74, 6) is 0. The number of nitrogens with two attached hydrogens (primary N) is 1. The van der Waals surface area contributed by atoms with Gasteiger partial charge in [0, 0.05) is 0 Å². The third kappa shape index (κ3) is 2.12. The van der Waals surface area contributed by atoms with Crippen LogP contribution in [-0.4, -0.2) is 11.5 Å². The van der Waals surface area contributed by atoms with E-state index in [1.807, 2.05) is 12.1 Å². The first-order chi connectivity index (χ1) is 7.16. The van der Waals surface area contributed by atoms with E-state index in [2.05, 4.69) is 4.98 Å². The van der Waals surface area contributed by atoms with Crippen LogP contribution in [0.25, 0.3) is 0 Å². The minimum Gasteiger partial charge on any atom is -0.330 e. The van der Waals surface area contributed by atoms with Crippen LogP contribution in [0.5, 0.6) is 0 Å². The van der Waals surface area contributed by atoms with Gasteiger partial charge in [0.15, 0.2) is 0 Å². The van der Waals surface area contributed by atoms with Gasteiger partial charge in [-0.3, -0.25) is 0 Å². The molecule has 2 rings (SSSR count). The molecule has 1 aromatic rings. The molecule has 0 radical (unpaired) electrons. The van der Waals surface area contributed by atoms with Gasteiger partial charge in [0.25, 0.3) is 0 Å². The zero-order valence-electron chi connectivity index (χ0n) is 8.47. The van der Waals surface area contributed by atoms with Gasteiger partial charge in [-0.2, -0.15) is 0 Å². The molecule has 0 aromatic carbocycles. The molecule has 0 spiro atoms. The lowest BCUT2D eigenvalue weighted by molar-refractivity contribution is 0.229. The molecule has 1 aromatic heterocycles. The molecule has 82 valence electrons. The van der Waals surface area contributed by atoms with Crippen molar-refractivity contribution in [2.24, 2.45) is 5.73 Å². The first kappa shape index (κ1) is 11.2. The maximum atomic E-state index is 5.91. The van der Waals surface area contributed by atoms with Crippen molar-refractivity contribution in [3.63, 3.8) is 0 Å². The summed E-state index contributed by atoms with van der Waals surface area (Å²) in [6.45, 7) is 0.706. The number of halogens is 2. The van der Waals surface area contributed by atoms with E-state index in [1.54, 1.807) is 0 Å². The zero-order valence-corrected chi connectivity index (χ0v) is 9.98. The number of hydrogen-bond donors (Lipinski definition) is 1. The van der Waals surface area contributed by atoms with E-state index < -0.39 is 0 Å². The van der Waals surface area contributed by atoms with E-state index in [4.69, 9.17) is 28.9 Å². The molecule has 2 nitrogen and oxygen atoms in total. The first-order valence-electron chi connectivity index (χ1n) is 5.20. The Balaban J connectivity index is 2.34. The molecule has 1 fully saturated rings. The summed E-state index contributed by atoms with van der Waals surface area (Å²) >= 11 is 11.8. The van der Waals surface area contributed by atoms with E-state index in [0.717, 1.165) is 6.42 Å². The average molecular weight is 245 g/mol. The molecule has 0 atom stereocenters. The molecular weight excluding hydrogens is 231 g/mol. The predicted octanol–water partition coefficient (Wildman–Crippen LogP) is 3.16. The molecule has 0 amide bonds. The molecular formula is C11H14Cl2N2. The zero-order chi connectivity index (χ0) is 10.9. The Bertz CT molecular complexity index is 341. The molecule has 0 unspecified atom stereocenters. The summed E-state index contributed by atoms with van der Waals surface area (Å²) in [5, 5.41) is 0.946. The van der Waals surface area contributed by atoms with Crippen molar-refractivity contribution in [2.45, 2.75) is 31.1 Å². The molecule has 15 heavy (non-hydrogen) atoms. The smallest absolute Gasteiger partial charge is 0.131 e. The van der Waals surface area contributed by atoms with Gasteiger partial charge < -0.3 is 5.73 Å². The van der Waals surface area contributed by atoms with Crippen molar-refractivity contribution in [1.29, 1.82) is 0 Å². The van der Waals surface area contributed by atoms with Gasteiger partial charge in [-0.05, 0) is 48.9 Å². The van der Waals surface area contributed by atoms with Crippen molar-refractivity contribution >= 4 is 23.2 Å². The van der Waals surface area contributed by atoms with Crippen LogP contribution in [0.1, 0.15) is 31.2 Å². The fraction of sp³-hybridized carbons (Fsp3) is 0.545. The van der Waals surface area contributed by atoms with Gasteiger partial charge in [0.1, 0.15) is 10.3 Å². The molecule has 0 aliphatic heterocycles. The van der Waals surface area contributed by atoms with E-state index in [1.165, 1.54) is 24.8 Å². The molecule has 1 aliphatic rings. The second kappa shape index (κ2) is 4.28. The lowest BCUT2D eigenvalue weighted by Crippen LogP contribution is -2.36. The Morgan fingerprint density at radius 3 is 2.27 bits per heavy atom. The molecule has 0 saturated heterocycles. The van der Waals surface area contributed by atoms with Crippen molar-refractivity contribution < 1.29 is 0 Å². The van der Waals surface area contributed by atoms with Crippen LogP contribution < -0.4 is 5.73 Å².